The molecule has 0 aliphatic carbocycles. The number of piperidine rings is 1. The zero-order valence-electron chi connectivity index (χ0n) is 23.8. The topological polar surface area (TPSA) is 106 Å². The second-order valence-electron chi connectivity index (χ2n) is 10.4. The molecule has 1 unspecified atom stereocenters. The monoisotopic (exact) mass is 555 g/mol. The van der Waals surface area contributed by atoms with Crippen LogP contribution in [0.2, 0.25) is 0 Å². The van der Waals surface area contributed by atoms with Crippen molar-refractivity contribution in [1.82, 2.24) is 24.4 Å². The van der Waals surface area contributed by atoms with E-state index in [4.69, 9.17) is 24.4 Å². The summed E-state index contributed by atoms with van der Waals surface area (Å²) in [7, 11) is 1.65. The average Bonchev–Trinajstić information content (AvgIpc) is 3.41. The normalized spacial score (nSPS) is 15.0. The number of allylic oxidation sites excluding steroid dienone is 1. The Balaban J connectivity index is 1.43. The fraction of sp³-hybridized carbons (Fsp3) is 0.355. The Bertz CT molecular complexity index is 1480. The second kappa shape index (κ2) is 13.3. The largest absolute Gasteiger partial charge is 0.491 e. The number of aromatic nitrogens is 4. The Labute approximate surface area is 240 Å². The van der Waals surface area contributed by atoms with Gasteiger partial charge in [0.25, 0.3) is 0 Å². The van der Waals surface area contributed by atoms with Crippen LogP contribution in [0.25, 0.3) is 11.2 Å². The molecule has 0 spiro atoms. The minimum absolute atomic E-state index is 0.0518. The minimum Gasteiger partial charge on any atom is -0.491 e. The minimum atomic E-state index is 0.0518. The summed E-state index contributed by atoms with van der Waals surface area (Å²) in [5.74, 6) is 1.91. The zero-order valence-corrected chi connectivity index (χ0v) is 23.8. The Morgan fingerprint density at radius 2 is 1.88 bits per heavy atom. The SMILES string of the molecule is COCCOc1ccc(Nc2nc(NCc3ccccc3)c3ncn(C4CCCN(C(=O)C=C(C)C)C4)c3n2)cc1. The Hall–Kier alpha value is -4.44. The first-order valence-electron chi connectivity index (χ1n) is 13.9. The van der Waals surface area contributed by atoms with Gasteiger partial charge in [-0.05, 0) is 56.5 Å². The van der Waals surface area contributed by atoms with E-state index < -0.39 is 0 Å². The summed E-state index contributed by atoms with van der Waals surface area (Å²) in [5.41, 5.74) is 4.38. The van der Waals surface area contributed by atoms with Gasteiger partial charge in [0.05, 0.1) is 19.0 Å². The maximum absolute atomic E-state index is 12.8. The van der Waals surface area contributed by atoms with Gasteiger partial charge in [-0.1, -0.05) is 35.9 Å². The van der Waals surface area contributed by atoms with Gasteiger partial charge in [0.15, 0.2) is 17.0 Å². The van der Waals surface area contributed by atoms with Gasteiger partial charge in [0, 0.05) is 38.5 Å². The van der Waals surface area contributed by atoms with Crippen LogP contribution in [0.1, 0.15) is 38.3 Å². The van der Waals surface area contributed by atoms with Crippen molar-refractivity contribution in [2.24, 2.45) is 0 Å². The highest BCUT2D eigenvalue weighted by Gasteiger charge is 2.26. The van der Waals surface area contributed by atoms with Crippen molar-refractivity contribution < 1.29 is 14.3 Å². The number of rotatable bonds is 11. The lowest BCUT2D eigenvalue weighted by molar-refractivity contribution is -0.127. The zero-order chi connectivity index (χ0) is 28.6. The third kappa shape index (κ3) is 7.20. The van der Waals surface area contributed by atoms with Crippen molar-refractivity contribution in [2.45, 2.75) is 39.3 Å². The van der Waals surface area contributed by atoms with Crippen LogP contribution in [0.5, 0.6) is 5.75 Å². The van der Waals surface area contributed by atoms with Crippen LogP contribution < -0.4 is 15.4 Å². The molecule has 2 aromatic heterocycles. The number of likely N-dealkylation sites (tertiary alicyclic amines) is 1. The summed E-state index contributed by atoms with van der Waals surface area (Å²) in [5, 5.41) is 6.80. The van der Waals surface area contributed by atoms with Crippen LogP contribution in [-0.4, -0.2) is 63.7 Å². The number of hydrogen-bond acceptors (Lipinski definition) is 8. The number of carbonyl (C=O) groups is 1. The molecule has 3 heterocycles. The first kappa shape index (κ1) is 28.1. The number of imidazole rings is 1. The highest BCUT2D eigenvalue weighted by Crippen LogP contribution is 2.29. The van der Waals surface area contributed by atoms with Crippen molar-refractivity contribution >= 4 is 34.5 Å². The molecule has 1 aliphatic heterocycles. The number of nitrogens with zero attached hydrogens (tertiary/aromatic N) is 5. The third-order valence-electron chi connectivity index (χ3n) is 6.90. The molecule has 214 valence electrons. The Morgan fingerprint density at radius 3 is 2.63 bits per heavy atom. The maximum Gasteiger partial charge on any atom is 0.246 e. The van der Waals surface area contributed by atoms with Gasteiger partial charge in [-0.2, -0.15) is 9.97 Å². The molecule has 2 aromatic carbocycles. The predicted octanol–water partition coefficient (Wildman–Crippen LogP) is 5.34. The standard InChI is InChI=1S/C31H37N7O3/c1-22(2)18-27(39)37-15-7-10-25(20-37)38-21-33-28-29(32-19-23-8-5-4-6-9-23)35-31(36-30(28)38)34-24-11-13-26(14-12-24)41-17-16-40-3/h4-6,8-9,11-14,18,21,25H,7,10,15-17,19-20H2,1-3H3,(H2,32,34,35,36). The molecule has 10 nitrogen and oxygen atoms in total. The van der Waals surface area contributed by atoms with Crippen molar-refractivity contribution in [3.63, 3.8) is 0 Å². The number of ether oxygens (including phenoxy) is 2. The molecule has 1 saturated heterocycles. The maximum atomic E-state index is 12.8. The molecule has 1 atom stereocenters. The van der Waals surface area contributed by atoms with E-state index >= 15 is 0 Å². The van der Waals surface area contributed by atoms with Crippen LogP contribution in [0.15, 0.2) is 72.6 Å². The van der Waals surface area contributed by atoms with E-state index in [1.54, 1.807) is 13.2 Å². The van der Waals surface area contributed by atoms with Gasteiger partial charge < -0.3 is 29.6 Å². The van der Waals surface area contributed by atoms with Gasteiger partial charge in [-0.15, -0.1) is 0 Å². The number of amides is 1. The quantitative estimate of drug-likeness (QED) is 0.189. The number of anilines is 3. The summed E-state index contributed by atoms with van der Waals surface area (Å²) in [4.78, 5) is 29.1. The fourth-order valence-electron chi connectivity index (χ4n) is 4.87. The van der Waals surface area contributed by atoms with E-state index in [9.17, 15) is 4.79 Å². The smallest absolute Gasteiger partial charge is 0.246 e. The lowest BCUT2D eigenvalue weighted by atomic mass is 10.1. The summed E-state index contributed by atoms with van der Waals surface area (Å²) >= 11 is 0. The van der Waals surface area contributed by atoms with E-state index in [1.165, 1.54) is 0 Å². The van der Waals surface area contributed by atoms with Crippen molar-refractivity contribution in [2.75, 3.05) is 44.0 Å². The molecule has 1 fully saturated rings. The molecule has 1 amide bonds. The van der Waals surface area contributed by atoms with E-state index in [1.807, 2.05) is 67.5 Å². The Morgan fingerprint density at radius 1 is 1.07 bits per heavy atom. The summed E-state index contributed by atoms with van der Waals surface area (Å²) in [6.45, 7) is 6.87. The summed E-state index contributed by atoms with van der Waals surface area (Å²) in [6, 6.07) is 17.9. The van der Waals surface area contributed by atoms with Crippen molar-refractivity contribution in [3.8, 4) is 5.75 Å². The number of nitrogens with one attached hydrogen (secondary N) is 2. The van der Waals surface area contributed by atoms with Crippen LogP contribution in [-0.2, 0) is 16.1 Å². The van der Waals surface area contributed by atoms with E-state index in [2.05, 4.69) is 27.3 Å². The second-order valence-corrected chi connectivity index (χ2v) is 10.4. The first-order valence-corrected chi connectivity index (χ1v) is 13.9. The number of carbonyl (C=O) groups excluding carboxylic acids is 1. The molecule has 10 heteroatoms. The van der Waals surface area contributed by atoms with Gasteiger partial charge in [-0.25, -0.2) is 4.98 Å². The average molecular weight is 556 g/mol. The highest BCUT2D eigenvalue weighted by atomic mass is 16.5. The number of benzene rings is 2. The van der Waals surface area contributed by atoms with E-state index in [0.29, 0.717) is 43.6 Å². The molecule has 4 aromatic rings. The molecule has 0 bridgehead atoms. The number of fused-ring (bicyclic) bond motifs is 1. The first-order chi connectivity index (χ1) is 20.0. The van der Waals surface area contributed by atoms with Gasteiger partial charge in [-0.3, -0.25) is 4.79 Å². The number of hydrogen-bond donors (Lipinski definition) is 2. The van der Waals surface area contributed by atoms with Crippen molar-refractivity contribution in [3.05, 3.63) is 78.1 Å². The van der Waals surface area contributed by atoms with Gasteiger partial charge in [0.1, 0.15) is 12.4 Å². The third-order valence-corrected chi connectivity index (χ3v) is 6.90. The van der Waals surface area contributed by atoms with Crippen LogP contribution in [0, 0.1) is 0 Å². The van der Waals surface area contributed by atoms with E-state index in [0.717, 1.165) is 47.6 Å². The van der Waals surface area contributed by atoms with E-state index in [-0.39, 0.29) is 11.9 Å². The van der Waals surface area contributed by atoms with Crippen LogP contribution >= 0.6 is 0 Å². The van der Waals surface area contributed by atoms with Gasteiger partial charge in [0.2, 0.25) is 11.9 Å². The van der Waals surface area contributed by atoms with Gasteiger partial charge >= 0.3 is 0 Å². The summed E-state index contributed by atoms with van der Waals surface area (Å²) in [6.07, 6.45) is 5.38. The molecular formula is C31H37N7O3. The number of methoxy groups -OCH3 is 1. The van der Waals surface area contributed by atoms with Crippen LogP contribution in [0.4, 0.5) is 17.5 Å². The Kier molecular flexibility index (Phi) is 9.10. The molecular weight excluding hydrogens is 518 g/mol. The lowest BCUT2D eigenvalue weighted by Gasteiger charge is -2.33. The molecule has 0 radical (unpaired) electrons. The molecule has 41 heavy (non-hydrogen) atoms. The fourth-order valence-corrected chi connectivity index (χ4v) is 4.87. The lowest BCUT2D eigenvalue weighted by Crippen LogP contribution is -2.40. The molecule has 0 saturated carbocycles. The highest BCUT2D eigenvalue weighted by molar-refractivity contribution is 5.88. The van der Waals surface area contributed by atoms with Crippen molar-refractivity contribution in [1.29, 1.82) is 0 Å². The van der Waals surface area contributed by atoms with Crippen LogP contribution in [0.3, 0.4) is 0 Å². The molecule has 1 aliphatic rings. The molecule has 5 rings (SSSR count). The summed E-state index contributed by atoms with van der Waals surface area (Å²) < 4.78 is 12.8. The predicted molar refractivity (Wildman–Crippen MR) is 160 cm³/mol. The molecule has 2 N–H and O–H groups in total.